The van der Waals surface area contributed by atoms with Crippen molar-refractivity contribution in [3.8, 4) is 5.75 Å². The van der Waals surface area contributed by atoms with E-state index in [-0.39, 0.29) is 28.7 Å². The summed E-state index contributed by atoms with van der Waals surface area (Å²) in [6.45, 7) is -0.165. The molecule has 3 N–H and O–H groups in total. The van der Waals surface area contributed by atoms with Crippen molar-refractivity contribution in [3.05, 3.63) is 46.4 Å². The summed E-state index contributed by atoms with van der Waals surface area (Å²) in [5.74, 6) is -1.21. The molecule has 1 aliphatic heterocycles. The molecule has 8 nitrogen and oxygen atoms in total. The van der Waals surface area contributed by atoms with E-state index in [2.05, 4.69) is 26.0 Å². The van der Waals surface area contributed by atoms with Crippen LogP contribution in [0.5, 0.6) is 5.75 Å². The molecule has 0 spiro atoms. The lowest BCUT2D eigenvalue weighted by atomic mass is 10.2. The fourth-order valence-corrected chi connectivity index (χ4v) is 3.87. The number of nitrogens with one attached hydrogen (secondary N) is 2. The number of benzene rings is 2. The van der Waals surface area contributed by atoms with E-state index in [0.717, 1.165) is 6.07 Å². The quantitative estimate of drug-likeness (QED) is 0.689. The van der Waals surface area contributed by atoms with Gasteiger partial charge in [0.25, 0.3) is 15.9 Å². The number of sulfonamides is 1. The highest BCUT2D eigenvalue weighted by Crippen LogP contribution is 2.37. The van der Waals surface area contributed by atoms with Crippen LogP contribution < -0.4 is 14.8 Å². The molecule has 2 aromatic rings. The molecule has 2 aromatic carbocycles. The van der Waals surface area contributed by atoms with Gasteiger partial charge < -0.3 is 15.2 Å². The number of amides is 1. The Morgan fingerprint density at radius 1 is 1.28 bits per heavy atom. The highest BCUT2D eigenvalue weighted by molar-refractivity contribution is 9.10. The van der Waals surface area contributed by atoms with Crippen LogP contribution in [0.4, 0.5) is 11.4 Å². The van der Waals surface area contributed by atoms with Gasteiger partial charge in [-0.15, -0.1) is 0 Å². The Balaban J connectivity index is 1.95. The van der Waals surface area contributed by atoms with Crippen molar-refractivity contribution in [2.24, 2.45) is 0 Å². The molecule has 3 rings (SSSR count). The van der Waals surface area contributed by atoms with E-state index in [0.29, 0.717) is 15.9 Å². The van der Waals surface area contributed by atoms with Gasteiger partial charge in [-0.2, -0.15) is 0 Å². The van der Waals surface area contributed by atoms with Crippen LogP contribution in [0.2, 0.25) is 0 Å². The fraction of sp³-hybridized carbons (Fsp3) is 0.0667. The SMILES string of the molecule is O=C1COc2cc(NS(=O)(=O)c3cccc(C(=O)O)c3)c(Br)cc2N1. The molecule has 0 saturated carbocycles. The largest absolute Gasteiger partial charge is 0.482 e. The van der Waals surface area contributed by atoms with Crippen LogP contribution in [-0.2, 0) is 14.8 Å². The first-order valence-electron chi connectivity index (χ1n) is 6.88. The lowest BCUT2D eigenvalue weighted by Crippen LogP contribution is -2.25. The number of halogens is 1. The number of carbonyl (C=O) groups is 2. The topological polar surface area (TPSA) is 122 Å². The molecule has 0 aliphatic carbocycles. The third kappa shape index (κ3) is 3.59. The van der Waals surface area contributed by atoms with E-state index >= 15 is 0 Å². The molecule has 0 fully saturated rings. The standard InChI is InChI=1S/C15H11BrN2O6S/c16-10-5-12-13(24-7-14(19)17-12)6-11(10)18-25(22,23)9-3-1-2-8(4-9)15(20)21/h1-6,18H,7H2,(H,17,19)(H,20,21). The molecule has 0 bridgehead atoms. The van der Waals surface area contributed by atoms with Gasteiger partial charge in [-0.1, -0.05) is 6.07 Å². The molecule has 0 radical (unpaired) electrons. The van der Waals surface area contributed by atoms with Gasteiger partial charge in [0.1, 0.15) is 5.75 Å². The van der Waals surface area contributed by atoms with Gasteiger partial charge >= 0.3 is 5.97 Å². The highest BCUT2D eigenvalue weighted by Gasteiger charge is 2.22. The summed E-state index contributed by atoms with van der Waals surface area (Å²) in [4.78, 5) is 22.1. The molecule has 10 heteroatoms. The van der Waals surface area contributed by atoms with Gasteiger partial charge in [0.2, 0.25) is 0 Å². The van der Waals surface area contributed by atoms with Gasteiger partial charge in [0, 0.05) is 10.5 Å². The zero-order valence-electron chi connectivity index (χ0n) is 12.4. The summed E-state index contributed by atoms with van der Waals surface area (Å²) in [6, 6.07) is 7.94. The second-order valence-electron chi connectivity index (χ2n) is 5.10. The van der Waals surface area contributed by atoms with Gasteiger partial charge in [-0.3, -0.25) is 9.52 Å². The summed E-state index contributed by atoms with van der Waals surface area (Å²) in [6.07, 6.45) is 0. The Hall–Kier alpha value is -2.59. The summed E-state index contributed by atoms with van der Waals surface area (Å²) < 4.78 is 33.0. The van der Waals surface area contributed by atoms with Crippen molar-refractivity contribution in [2.75, 3.05) is 16.6 Å². The minimum atomic E-state index is -4.02. The van der Waals surface area contributed by atoms with Crippen LogP contribution in [-0.4, -0.2) is 32.0 Å². The molecule has 0 aromatic heterocycles. The predicted octanol–water partition coefficient (Wildman–Crippen LogP) is 2.28. The second kappa shape index (κ2) is 6.37. The molecule has 1 heterocycles. The number of anilines is 2. The summed E-state index contributed by atoms with van der Waals surface area (Å²) in [5.41, 5.74) is 0.466. The average Bonchev–Trinajstić information content (AvgIpc) is 2.55. The van der Waals surface area contributed by atoms with Crippen LogP contribution in [0.3, 0.4) is 0 Å². The number of carbonyl (C=O) groups excluding carboxylic acids is 1. The molecular weight excluding hydrogens is 416 g/mol. The fourth-order valence-electron chi connectivity index (χ4n) is 2.18. The minimum Gasteiger partial charge on any atom is -0.482 e. The van der Waals surface area contributed by atoms with Crippen molar-refractivity contribution in [1.29, 1.82) is 0 Å². The smallest absolute Gasteiger partial charge is 0.335 e. The van der Waals surface area contributed by atoms with E-state index in [1.54, 1.807) is 0 Å². The average molecular weight is 427 g/mol. The number of carboxylic acids is 1. The Morgan fingerprint density at radius 3 is 2.76 bits per heavy atom. The van der Waals surface area contributed by atoms with Gasteiger partial charge in [0.05, 0.1) is 21.8 Å². The van der Waals surface area contributed by atoms with Crippen molar-refractivity contribution in [3.63, 3.8) is 0 Å². The monoisotopic (exact) mass is 426 g/mol. The molecule has 0 unspecified atom stereocenters. The summed E-state index contributed by atoms with van der Waals surface area (Å²) in [7, 11) is -4.02. The Bertz CT molecular complexity index is 990. The van der Waals surface area contributed by atoms with Crippen LogP contribution in [0.15, 0.2) is 45.8 Å². The number of fused-ring (bicyclic) bond motifs is 1. The second-order valence-corrected chi connectivity index (χ2v) is 7.64. The van der Waals surface area contributed by atoms with Crippen molar-refractivity contribution < 1.29 is 27.9 Å². The van der Waals surface area contributed by atoms with Crippen LogP contribution in [0, 0.1) is 0 Å². The summed E-state index contributed by atoms with van der Waals surface area (Å²) >= 11 is 3.23. The van der Waals surface area contributed by atoms with Gasteiger partial charge in [-0.25, -0.2) is 13.2 Å². The Morgan fingerprint density at radius 2 is 2.04 bits per heavy atom. The highest BCUT2D eigenvalue weighted by atomic mass is 79.9. The zero-order valence-corrected chi connectivity index (χ0v) is 14.8. The lowest BCUT2D eigenvalue weighted by Gasteiger charge is -2.20. The van der Waals surface area contributed by atoms with Crippen molar-refractivity contribution in [1.82, 2.24) is 0 Å². The number of rotatable bonds is 4. The van der Waals surface area contributed by atoms with Crippen molar-refractivity contribution in [2.45, 2.75) is 4.90 Å². The van der Waals surface area contributed by atoms with E-state index in [4.69, 9.17) is 9.84 Å². The minimum absolute atomic E-state index is 0.140. The maximum absolute atomic E-state index is 12.5. The van der Waals surface area contributed by atoms with Crippen molar-refractivity contribution >= 4 is 49.2 Å². The third-order valence-corrected chi connectivity index (χ3v) is 5.36. The molecular formula is C15H11BrN2O6S. The van der Waals surface area contributed by atoms with E-state index in [1.807, 2.05) is 0 Å². The lowest BCUT2D eigenvalue weighted by molar-refractivity contribution is -0.118. The third-order valence-electron chi connectivity index (χ3n) is 3.34. The Labute approximate surface area is 151 Å². The number of ether oxygens (including phenoxy) is 1. The molecule has 1 amide bonds. The number of hydrogen-bond donors (Lipinski definition) is 3. The van der Waals surface area contributed by atoms with Gasteiger partial charge in [-0.05, 0) is 40.2 Å². The molecule has 1 aliphatic rings. The van der Waals surface area contributed by atoms with Gasteiger partial charge in [0.15, 0.2) is 6.61 Å². The maximum Gasteiger partial charge on any atom is 0.335 e. The first-order chi connectivity index (χ1) is 11.8. The van der Waals surface area contributed by atoms with E-state index in [9.17, 15) is 18.0 Å². The first kappa shape index (κ1) is 17.2. The molecule has 130 valence electrons. The van der Waals surface area contributed by atoms with Crippen LogP contribution >= 0.6 is 15.9 Å². The zero-order chi connectivity index (χ0) is 18.2. The van der Waals surface area contributed by atoms with E-state index in [1.165, 1.54) is 30.3 Å². The summed E-state index contributed by atoms with van der Waals surface area (Å²) in [5, 5.41) is 11.6. The normalized spacial score (nSPS) is 13.4. The molecule has 0 atom stereocenters. The first-order valence-corrected chi connectivity index (χ1v) is 9.16. The van der Waals surface area contributed by atoms with E-state index < -0.39 is 16.0 Å². The molecule has 0 saturated heterocycles. The van der Waals surface area contributed by atoms with Crippen LogP contribution in [0.1, 0.15) is 10.4 Å². The number of aromatic carboxylic acids is 1. The number of carboxylic acid groups (broad SMARTS) is 1. The maximum atomic E-state index is 12.5. The molecule has 25 heavy (non-hydrogen) atoms. The Kier molecular flexibility index (Phi) is 4.39. The van der Waals surface area contributed by atoms with Crippen LogP contribution in [0.25, 0.3) is 0 Å². The predicted molar refractivity (Wildman–Crippen MR) is 92.5 cm³/mol. The number of hydrogen-bond acceptors (Lipinski definition) is 5.